The van der Waals surface area contributed by atoms with Gasteiger partial charge in [-0.15, -0.1) is 0 Å². The second kappa shape index (κ2) is 7.59. The lowest BCUT2D eigenvalue weighted by molar-refractivity contribution is -0.386. The molecule has 0 aliphatic heterocycles. The summed E-state index contributed by atoms with van der Waals surface area (Å²) < 4.78 is 1.33. The molecule has 0 unspecified atom stereocenters. The number of aryl methyl sites for hydroxylation is 1. The molecule has 2 heterocycles. The summed E-state index contributed by atoms with van der Waals surface area (Å²) in [6, 6.07) is 6.97. The summed E-state index contributed by atoms with van der Waals surface area (Å²) in [5, 5.41) is 15.7. The number of nitrogens with one attached hydrogen (secondary N) is 1. The van der Waals surface area contributed by atoms with Gasteiger partial charge in [-0.25, -0.2) is 4.98 Å². The number of nitrogens with zero attached hydrogens (tertiary/aromatic N) is 5. The number of hydrogen-bond donors (Lipinski definition) is 1. The number of fused-ring (bicyclic) bond motifs is 1. The molecule has 10 nitrogen and oxygen atoms in total. The zero-order valence-corrected chi connectivity index (χ0v) is 15.8. The molecule has 2 aromatic heterocycles. The summed E-state index contributed by atoms with van der Waals surface area (Å²) in [5.41, 5.74) is 0.789. The standard InChI is InChI=1S/C18H20N6O4/c1-4-22(9-15-19-14-8-6-5-7-13(14)18(26)20-15)16(25)10-23-12(3)17(24(27)28)11(2)21-23/h5-8H,4,9-10H2,1-3H3,(H,19,20,26). The Kier molecular flexibility index (Phi) is 5.21. The van der Waals surface area contributed by atoms with E-state index in [1.165, 1.54) is 16.5 Å². The third-order valence-electron chi connectivity index (χ3n) is 4.55. The minimum atomic E-state index is -0.500. The van der Waals surface area contributed by atoms with Gasteiger partial charge in [0.1, 0.15) is 23.8 Å². The molecular formula is C18H20N6O4. The molecule has 1 N–H and O–H groups in total. The van der Waals surface area contributed by atoms with E-state index < -0.39 is 4.92 Å². The van der Waals surface area contributed by atoms with E-state index in [-0.39, 0.29) is 35.9 Å². The van der Waals surface area contributed by atoms with E-state index in [2.05, 4.69) is 15.1 Å². The van der Waals surface area contributed by atoms with Crippen molar-refractivity contribution in [3.8, 4) is 0 Å². The van der Waals surface area contributed by atoms with Crippen molar-refractivity contribution < 1.29 is 9.72 Å². The number of amides is 1. The van der Waals surface area contributed by atoms with E-state index >= 15 is 0 Å². The van der Waals surface area contributed by atoms with Crippen LogP contribution < -0.4 is 5.56 Å². The molecule has 0 saturated heterocycles. The predicted octanol–water partition coefficient (Wildman–Crippen LogP) is 1.69. The summed E-state index contributed by atoms with van der Waals surface area (Å²) >= 11 is 0. The molecule has 0 aliphatic carbocycles. The largest absolute Gasteiger partial charge is 0.334 e. The van der Waals surface area contributed by atoms with Crippen LogP contribution in [0, 0.1) is 24.0 Å². The molecule has 0 fully saturated rings. The molecule has 146 valence electrons. The van der Waals surface area contributed by atoms with Crippen molar-refractivity contribution in [3.05, 3.63) is 61.9 Å². The van der Waals surface area contributed by atoms with E-state index in [4.69, 9.17) is 0 Å². The molecule has 10 heteroatoms. The third-order valence-corrected chi connectivity index (χ3v) is 4.55. The number of nitro groups is 1. The summed E-state index contributed by atoms with van der Waals surface area (Å²) in [6.07, 6.45) is 0. The first-order valence-electron chi connectivity index (χ1n) is 8.76. The van der Waals surface area contributed by atoms with Gasteiger partial charge in [-0.2, -0.15) is 5.10 Å². The van der Waals surface area contributed by atoms with E-state index in [0.29, 0.717) is 29.0 Å². The van der Waals surface area contributed by atoms with Gasteiger partial charge in [0, 0.05) is 6.54 Å². The van der Waals surface area contributed by atoms with Gasteiger partial charge < -0.3 is 9.88 Å². The van der Waals surface area contributed by atoms with E-state index in [0.717, 1.165) is 0 Å². The molecule has 0 bridgehead atoms. The summed E-state index contributed by atoms with van der Waals surface area (Å²) in [5.74, 6) is 0.0945. The molecular weight excluding hydrogens is 364 g/mol. The Hall–Kier alpha value is -3.56. The van der Waals surface area contributed by atoms with Crippen LogP contribution in [0.5, 0.6) is 0 Å². The van der Waals surface area contributed by atoms with Crippen molar-refractivity contribution in [2.75, 3.05) is 6.54 Å². The average molecular weight is 384 g/mol. The van der Waals surface area contributed by atoms with Crippen LogP contribution in [0.3, 0.4) is 0 Å². The number of rotatable bonds is 6. The number of hydrogen-bond acceptors (Lipinski definition) is 6. The predicted molar refractivity (Wildman–Crippen MR) is 102 cm³/mol. The fraction of sp³-hybridized carbons (Fsp3) is 0.333. The van der Waals surface area contributed by atoms with Crippen LogP contribution in [0.2, 0.25) is 0 Å². The lowest BCUT2D eigenvalue weighted by Gasteiger charge is -2.20. The van der Waals surface area contributed by atoms with Crippen LogP contribution in [-0.4, -0.2) is 42.0 Å². The molecule has 3 aromatic rings. The second-order valence-corrected chi connectivity index (χ2v) is 6.37. The number of likely N-dealkylation sites (N-methyl/N-ethyl adjacent to an activating group) is 1. The van der Waals surface area contributed by atoms with Crippen molar-refractivity contribution >= 4 is 22.5 Å². The Morgan fingerprint density at radius 2 is 2.04 bits per heavy atom. The number of H-pyrrole nitrogens is 1. The Balaban J connectivity index is 1.82. The van der Waals surface area contributed by atoms with E-state index in [1.807, 2.05) is 0 Å². The first-order chi connectivity index (χ1) is 13.3. The van der Waals surface area contributed by atoms with E-state index in [1.54, 1.807) is 38.1 Å². The lowest BCUT2D eigenvalue weighted by atomic mass is 10.2. The second-order valence-electron chi connectivity index (χ2n) is 6.37. The number of carbonyl (C=O) groups excluding carboxylic acids is 1. The van der Waals surface area contributed by atoms with Crippen molar-refractivity contribution in [1.29, 1.82) is 0 Å². The normalized spacial score (nSPS) is 11.0. The summed E-state index contributed by atoms with van der Waals surface area (Å²) in [6.45, 7) is 5.28. The molecule has 0 aliphatic rings. The Bertz CT molecular complexity index is 1120. The summed E-state index contributed by atoms with van der Waals surface area (Å²) in [4.78, 5) is 44.2. The van der Waals surface area contributed by atoms with Gasteiger partial charge in [0.05, 0.1) is 22.4 Å². The number of carbonyl (C=O) groups is 1. The lowest BCUT2D eigenvalue weighted by Crippen LogP contribution is -2.35. The smallest absolute Gasteiger partial charge is 0.312 e. The fourth-order valence-electron chi connectivity index (χ4n) is 3.10. The molecule has 0 saturated carbocycles. The Morgan fingerprint density at radius 3 is 2.68 bits per heavy atom. The molecule has 1 amide bonds. The number of para-hydroxylation sites is 1. The first-order valence-corrected chi connectivity index (χ1v) is 8.76. The molecule has 3 rings (SSSR count). The SMILES string of the molecule is CCN(Cc1nc2ccccc2c(=O)[nH]1)C(=O)Cn1nc(C)c([N+](=O)[O-])c1C. The highest BCUT2D eigenvalue weighted by Crippen LogP contribution is 2.21. The van der Waals surface area contributed by atoms with Crippen LogP contribution in [-0.2, 0) is 17.9 Å². The quantitative estimate of drug-likeness (QED) is 0.509. The number of benzene rings is 1. The van der Waals surface area contributed by atoms with Crippen LogP contribution in [0.4, 0.5) is 5.69 Å². The topological polar surface area (TPSA) is 127 Å². The first kappa shape index (κ1) is 19.2. The minimum Gasteiger partial charge on any atom is -0.334 e. The van der Waals surface area contributed by atoms with Crippen LogP contribution in [0.1, 0.15) is 24.1 Å². The number of aromatic nitrogens is 4. The van der Waals surface area contributed by atoms with Gasteiger partial charge >= 0.3 is 5.69 Å². The maximum Gasteiger partial charge on any atom is 0.312 e. The number of aromatic amines is 1. The summed E-state index contributed by atoms with van der Waals surface area (Å²) in [7, 11) is 0. The zero-order chi connectivity index (χ0) is 20.4. The highest BCUT2D eigenvalue weighted by molar-refractivity contribution is 5.78. The van der Waals surface area contributed by atoms with Crippen molar-refractivity contribution in [1.82, 2.24) is 24.6 Å². The molecule has 1 aromatic carbocycles. The highest BCUT2D eigenvalue weighted by Gasteiger charge is 2.24. The highest BCUT2D eigenvalue weighted by atomic mass is 16.6. The minimum absolute atomic E-state index is 0.0867. The molecule has 0 spiro atoms. The molecule has 0 radical (unpaired) electrons. The fourth-order valence-corrected chi connectivity index (χ4v) is 3.10. The van der Waals surface area contributed by atoms with Crippen molar-refractivity contribution in [2.45, 2.75) is 33.9 Å². The van der Waals surface area contributed by atoms with Crippen molar-refractivity contribution in [3.63, 3.8) is 0 Å². The van der Waals surface area contributed by atoms with Crippen LogP contribution >= 0.6 is 0 Å². The van der Waals surface area contributed by atoms with Crippen molar-refractivity contribution in [2.24, 2.45) is 0 Å². The molecule has 28 heavy (non-hydrogen) atoms. The third kappa shape index (κ3) is 3.61. The zero-order valence-electron chi connectivity index (χ0n) is 15.8. The average Bonchev–Trinajstić information content (AvgIpc) is 2.93. The van der Waals surface area contributed by atoms with Gasteiger partial charge in [-0.1, -0.05) is 12.1 Å². The van der Waals surface area contributed by atoms with Crippen LogP contribution in [0.25, 0.3) is 10.9 Å². The maximum absolute atomic E-state index is 12.7. The van der Waals surface area contributed by atoms with Gasteiger partial charge in [0.15, 0.2) is 0 Å². The van der Waals surface area contributed by atoms with Gasteiger partial charge in [-0.3, -0.25) is 24.4 Å². The Morgan fingerprint density at radius 1 is 1.32 bits per heavy atom. The molecule has 0 atom stereocenters. The van der Waals surface area contributed by atoms with Crippen LogP contribution in [0.15, 0.2) is 29.1 Å². The maximum atomic E-state index is 12.7. The van der Waals surface area contributed by atoms with Gasteiger partial charge in [0.25, 0.3) is 5.56 Å². The van der Waals surface area contributed by atoms with E-state index in [9.17, 15) is 19.7 Å². The van der Waals surface area contributed by atoms with Gasteiger partial charge in [-0.05, 0) is 32.9 Å². The monoisotopic (exact) mass is 384 g/mol. The van der Waals surface area contributed by atoms with Gasteiger partial charge in [0.2, 0.25) is 5.91 Å². The Labute approximate surface area is 160 Å².